The molecule has 0 heterocycles. The molecule has 0 aliphatic heterocycles. The van der Waals surface area contributed by atoms with Gasteiger partial charge in [0.15, 0.2) is 0 Å². The van der Waals surface area contributed by atoms with E-state index in [1.807, 2.05) is 30.3 Å². The average molecular weight is 368 g/mol. The summed E-state index contributed by atoms with van der Waals surface area (Å²) in [4.78, 5) is 35.5. The van der Waals surface area contributed by atoms with E-state index < -0.39 is 12.0 Å². The van der Waals surface area contributed by atoms with Gasteiger partial charge in [-0.25, -0.2) is 4.79 Å². The van der Waals surface area contributed by atoms with Crippen molar-refractivity contribution in [2.75, 3.05) is 12.4 Å². The van der Waals surface area contributed by atoms with Crippen LogP contribution in [0.2, 0.25) is 0 Å². The monoisotopic (exact) mass is 368 g/mol. The molecule has 0 saturated heterocycles. The molecule has 0 radical (unpaired) electrons. The highest BCUT2D eigenvalue weighted by Gasteiger charge is 2.21. The van der Waals surface area contributed by atoms with Crippen molar-refractivity contribution in [1.82, 2.24) is 5.32 Å². The molecule has 0 unspecified atom stereocenters. The summed E-state index contributed by atoms with van der Waals surface area (Å²) < 4.78 is 4.81. The van der Waals surface area contributed by atoms with Crippen LogP contribution in [-0.4, -0.2) is 30.9 Å². The van der Waals surface area contributed by atoms with Crippen molar-refractivity contribution in [2.24, 2.45) is 0 Å². The summed E-state index contributed by atoms with van der Waals surface area (Å²) in [6.45, 7) is 1.41. The van der Waals surface area contributed by atoms with Crippen LogP contribution in [-0.2, 0) is 20.7 Å². The summed E-state index contributed by atoms with van der Waals surface area (Å²) in [7, 11) is 1.31. The first-order valence-corrected chi connectivity index (χ1v) is 8.80. The van der Waals surface area contributed by atoms with E-state index >= 15 is 0 Å². The number of anilines is 1. The van der Waals surface area contributed by atoms with Crippen LogP contribution in [0.1, 0.15) is 35.7 Å². The molecule has 1 atom stereocenters. The van der Waals surface area contributed by atoms with E-state index in [2.05, 4.69) is 10.6 Å². The van der Waals surface area contributed by atoms with Crippen molar-refractivity contribution in [2.45, 2.75) is 32.2 Å². The third-order valence-corrected chi connectivity index (χ3v) is 4.06. The number of hydrogen-bond acceptors (Lipinski definition) is 4. The number of esters is 1. The number of nitrogens with one attached hydrogen (secondary N) is 2. The molecule has 0 aliphatic rings. The standard InChI is InChI=1S/C21H24N2O4/c1-15(24)22-18-13-11-17(12-14-18)20(25)23-19(21(26)27-2)10-6-9-16-7-4-3-5-8-16/h3-5,7-8,11-14,19H,6,9-10H2,1-2H3,(H,22,24)(H,23,25)/t19-/m1/s1. The Bertz CT molecular complexity index is 773. The van der Waals surface area contributed by atoms with E-state index in [0.717, 1.165) is 12.8 Å². The molecule has 0 spiro atoms. The van der Waals surface area contributed by atoms with E-state index in [9.17, 15) is 14.4 Å². The second-order valence-electron chi connectivity index (χ2n) is 6.19. The number of rotatable bonds is 8. The third-order valence-electron chi connectivity index (χ3n) is 4.06. The fourth-order valence-electron chi connectivity index (χ4n) is 2.70. The summed E-state index contributed by atoms with van der Waals surface area (Å²) in [5, 5.41) is 5.37. The molecule has 0 aromatic heterocycles. The third kappa shape index (κ3) is 6.58. The molecule has 2 amide bonds. The van der Waals surface area contributed by atoms with Gasteiger partial charge in [0.2, 0.25) is 5.91 Å². The number of carbonyl (C=O) groups excluding carboxylic acids is 3. The smallest absolute Gasteiger partial charge is 0.328 e. The quantitative estimate of drug-likeness (QED) is 0.702. The Morgan fingerprint density at radius 3 is 2.26 bits per heavy atom. The first-order valence-electron chi connectivity index (χ1n) is 8.80. The van der Waals surface area contributed by atoms with Gasteiger partial charge in [0.25, 0.3) is 5.91 Å². The molecule has 0 fully saturated rings. The van der Waals surface area contributed by atoms with Gasteiger partial charge in [-0.3, -0.25) is 9.59 Å². The van der Waals surface area contributed by atoms with Crippen LogP contribution in [0.15, 0.2) is 54.6 Å². The Hall–Kier alpha value is -3.15. The van der Waals surface area contributed by atoms with E-state index in [0.29, 0.717) is 17.7 Å². The number of amides is 2. The van der Waals surface area contributed by atoms with Crippen molar-refractivity contribution in [3.63, 3.8) is 0 Å². The van der Waals surface area contributed by atoms with Crippen molar-refractivity contribution in [3.05, 3.63) is 65.7 Å². The molecule has 0 bridgehead atoms. The molecule has 6 heteroatoms. The number of benzene rings is 2. The zero-order valence-electron chi connectivity index (χ0n) is 15.5. The van der Waals surface area contributed by atoms with Gasteiger partial charge in [0.05, 0.1) is 7.11 Å². The lowest BCUT2D eigenvalue weighted by atomic mass is 10.0. The van der Waals surface area contributed by atoms with Crippen LogP contribution >= 0.6 is 0 Å². The van der Waals surface area contributed by atoms with Gasteiger partial charge in [-0.15, -0.1) is 0 Å². The highest BCUT2D eigenvalue weighted by Crippen LogP contribution is 2.11. The van der Waals surface area contributed by atoms with Crippen molar-refractivity contribution in [3.8, 4) is 0 Å². The zero-order valence-corrected chi connectivity index (χ0v) is 15.5. The first-order chi connectivity index (χ1) is 13.0. The second-order valence-corrected chi connectivity index (χ2v) is 6.19. The Balaban J connectivity index is 1.94. The SMILES string of the molecule is COC(=O)[C@@H](CCCc1ccccc1)NC(=O)c1ccc(NC(C)=O)cc1. The Morgan fingerprint density at radius 2 is 1.67 bits per heavy atom. The van der Waals surface area contributed by atoms with E-state index in [1.165, 1.54) is 19.6 Å². The van der Waals surface area contributed by atoms with Crippen LogP contribution in [0.3, 0.4) is 0 Å². The first kappa shape index (κ1) is 20.2. The number of carbonyl (C=O) groups is 3. The molecule has 0 aliphatic carbocycles. The van der Waals surface area contributed by atoms with E-state index in [4.69, 9.17) is 4.74 Å². The molecule has 2 N–H and O–H groups in total. The number of hydrogen-bond donors (Lipinski definition) is 2. The highest BCUT2D eigenvalue weighted by atomic mass is 16.5. The highest BCUT2D eigenvalue weighted by molar-refractivity contribution is 5.97. The number of methoxy groups -OCH3 is 1. The largest absolute Gasteiger partial charge is 0.467 e. The van der Waals surface area contributed by atoms with Crippen LogP contribution in [0.4, 0.5) is 5.69 Å². The lowest BCUT2D eigenvalue weighted by Crippen LogP contribution is -2.41. The van der Waals surface area contributed by atoms with E-state index in [1.54, 1.807) is 24.3 Å². The lowest BCUT2D eigenvalue weighted by Gasteiger charge is -2.16. The van der Waals surface area contributed by atoms with Gasteiger partial charge in [0, 0.05) is 18.2 Å². The van der Waals surface area contributed by atoms with Crippen LogP contribution in [0.5, 0.6) is 0 Å². The average Bonchev–Trinajstić information content (AvgIpc) is 2.67. The van der Waals surface area contributed by atoms with Gasteiger partial charge < -0.3 is 15.4 Å². The van der Waals surface area contributed by atoms with Crippen molar-refractivity contribution < 1.29 is 19.1 Å². The number of ether oxygens (including phenoxy) is 1. The van der Waals surface area contributed by atoms with Gasteiger partial charge >= 0.3 is 5.97 Å². The maximum Gasteiger partial charge on any atom is 0.328 e. The van der Waals surface area contributed by atoms with Crippen LogP contribution in [0.25, 0.3) is 0 Å². The van der Waals surface area contributed by atoms with Gasteiger partial charge in [-0.2, -0.15) is 0 Å². The fraction of sp³-hybridized carbons (Fsp3) is 0.286. The molecule has 142 valence electrons. The molecule has 6 nitrogen and oxygen atoms in total. The van der Waals surface area contributed by atoms with Crippen molar-refractivity contribution in [1.29, 1.82) is 0 Å². The summed E-state index contributed by atoms with van der Waals surface area (Å²) in [5.74, 6) is -1.01. The predicted molar refractivity (Wildman–Crippen MR) is 103 cm³/mol. The van der Waals surface area contributed by atoms with Gasteiger partial charge in [-0.05, 0) is 49.1 Å². The Kier molecular flexibility index (Phi) is 7.55. The summed E-state index contributed by atoms with van der Waals surface area (Å²) in [6.07, 6.45) is 2.04. The number of aryl methyl sites for hydroxylation is 1. The molecule has 27 heavy (non-hydrogen) atoms. The molecule has 0 saturated carbocycles. The normalized spacial score (nSPS) is 11.3. The zero-order chi connectivity index (χ0) is 19.6. The molecular weight excluding hydrogens is 344 g/mol. The molecule has 2 aromatic rings. The minimum Gasteiger partial charge on any atom is -0.467 e. The summed E-state index contributed by atoms with van der Waals surface area (Å²) in [5.41, 5.74) is 2.19. The summed E-state index contributed by atoms with van der Waals surface area (Å²) in [6, 6.07) is 15.7. The predicted octanol–water partition coefficient (Wildman–Crippen LogP) is 2.94. The Morgan fingerprint density at radius 1 is 1.00 bits per heavy atom. The minimum absolute atomic E-state index is 0.184. The van der Waals surface area contributed by atoms with Gasteiger partial charge in [-0.1, -0.05) is 30.3 Å². The van der Waals surface area contributed by atoms with Crippen LogP contribution in [0, 0.1) is 0 Å². The maximum atomic E-state index is 12.4. The minimum atomic E-state index is -0.707. The van der Waals surface area contributed by atoms with Gasteiger partial charge in [0.1, 0.15) is 6.04 Å². The molecule has 2 aromatic carbocycles. The van der Waals surface area contributed by atoms with Crippen molar-refractivity contribution >= 4 is 23.5 Å². The summed E-state index contributed by atoms with van der Waals surface area (Å²) >= 11 is 0. The fourth-order valence-corrected chi connectivity index (χ4v) is 2.70. The molecule has 2 rings (SSSR count). The lowest BCUT2D eigenvalue weighted by molar-refractivity contribution is -0.143. The Labute approximate surface area is 158 Å². The maximum absolute atomic E-state index is 12.4. The topological polar surface area (TPSA) is 84.5 Å². The second kappa shape index (κ2) is 10.1. The van der Waals surface area contributed by atoms with Crippen LogP contribution < -0.4 is 10.6 Å². The van der Waals surface area contributed by atoms with E-state index in [-0.39, 0.29) is 11.8 Å². The molecular formula is C21H24N2O4.